The standard InChI is InChI=1S/C20H22N4O2/c1-3-12-26-16-10-8-15(9-11-16)23-19(25)13-24(2)20-17-6-4-5-7-18(17)21-14-22-20/h4-11,14H,3,12-13H2,1-2H3,(H,23,25). The maximum atomic E-state index is 12.4. The van der Waals surface area contributed by atoms with Crippen molar-refractivity contribution in [3.05, 3.63) is 54.9 Å². The van der Waals surface area contributed by atoms with Crippen LogP contribution in [-0.4, -0.2) is 36.1 Å². The molecule has 0 bridgehead atoms. The van der Waals surface area contributed by atoms with Gasteiger partial charge >= 0.3 is 0 Å². The Morgan fingerprint density at radius 3 is 2.65 bits per heavy atom. The fraction of sp³-hybridized carbons (Fsp3) is 0.250. The minimum atomic E-state index is -0.114. The summed E-state index contributed by atoms with van der Waals surface area (Å²) in [6.07, 6.45) is 2.48. The number of hydrogen-bond acceptors (Lipinski definition) is 5. The summed E-state index contributed by atoms with van der Waals surface area (Å²) < 4.78 is 5.54. The number of anilines is 2. The fourth-order valence-electron chi connectivity index (χ4n) is 2.64. The second-order valence-corrected chi connectivity index (χ2v) is 5.99. The highest BCUT2D eigenvalue weighted by Crippen LogP contribution is 2.21. The molecule has 26 heavy (non-hydrogen) atoms. The smallest absolute Gasteiger partial charge is 0.243 e. The normalized spacial score (nSPS) is 10.5. The van der Waals surface area contributed by atoms with Crippen LogP contribution in [0.5, 0.6) is 5.75 Å². The van der Waals surface area contributed by atoms with Crippen LogP contribution < -0.4 is 15.0 Å². The molecule has 6 heteroatoms. The van der Waals surface area contributed by atoms with E-state index in [1.165, 1.54) is 6.33 Å². The van der Waals surface area contributed by atoms with Gasteiger partial charge in [-0.05, 0) is 42.8 Å². The molecule has 0 spiro atoms. The quantitative estimate of drug-likeness (QED) is 0.706. The van der Waals surface area contributed by atoms with E-state index < -0.39 is 0 Å². The number of rotatable bonds is 7. The Kier molecular flexibility index (Phi) is 5.63. The van der Waals surface area contributed by atoms with Gasteiger partial charge in [0, 0.05) is 18.1 Å². The Hall–Kier alpha value is -3.15. The first-order valence-electron chi connectivity index (χ1n) is 8.61. The maximum absolute atomic E-state index is 12.4. The topological polar surface area (TPSA) is 67.3 Å². The lowest BCUT2D eigenvalue weighted by Gasteiger charge is -2.19. The number of para-hydroxylation sites is 1. The molecule has 2 aromatic carbocycles. The predicted octanol–water partition coefficient (Wildman–Crippen LogP) is 3.49. The molecule has 0 radical (unpaired) electrons. The summed E-state index contributed by atoms with van der Waals surface area (Å²) in [5.74, 6) is 1.42. The number of aromatic nitrogens is 2. The average Bonchev–Trinajstić information content (AvgIpc) is 2.67. The highest BCUT2D eigenvalue weighted by Gasteiger charge is 2.12. The van der Waals surface area contributed by atoms with Crippen molar-refractivity contribution < 1.29 is 9.53 Å². The summed E-state index contributed by atoms with van der Waals surface area (Å²) in [7, 11) is 1.84. The Morgan fingerprint density at radius 2 is 1.88 bits per heavy atom. The third-order valence-electron chi connectivity index (χ3n) is 3.88. The lowest BCUT2D eigenvalue weighted by molar-refractivity contribution is -0.114. The van der Waals surface area contributed by atoms with Gasteiger partial charge in [0.1, 0.15) is 17.9 Å². The third-order valence-corrected chi connectivity index (χ3v) is 3.88. The summed E-state index contributed by atoms with van der Waals surface area (Å²) in [5, 5.41) is 3.81. The van der Waals surface area contributed by atoms with Gasteiger partial charge in [-0.2, -0.15) is 0 Å². The molecular weight excluding hydrogens is 328 g/mol. The van der Waals surface area contributed by atoms with E-state index in [0.717, 1.165) is 34.6 Å². The van der Waals surface area contributed by atoms with Gasteiger partial charge in [0.15, 0.2) is 0 Å². The Labute approximate surface area is 152 Å². The summed E-state index contributed by atoms with van der Waals surface area (Å²) in [5.41, 5.74) is 1.59. The number of hydrogen-bond donors (Lipinski definition) is 1. The summed E-state index contributed by atoms with van der Waals surface area (Å²) in [4.78, 5) is 22.8. The van der Waals surface area contributed by atoms with Crippen molar-refractivity contribution >= 4 is 28.3 Å². The van der Waals surface area contributed by atoms with Crippen LogP contribution in [0.3, 0.4) is 0 Å². The molecule has 0 aliphatic heterocycles. The predicted molar refractivity (Wildman–Crippen MR) is 104 cm³/mol. The van der Waals surface area contributed by atoms with Crippen LogP contribution in [0.15, 0.2) is 54.9 Å². The molecule has 0 unspecified atom stereocenters. The van der Waals surface area contributed by atoms with Crippen LogP contribution in [0.1, 0.15) is 13.3 Å². The van der Waals surface area contributed by atoms with Crippen molar-refractivity contribution in [2.75, 3.05) is 30.4 Å². The van der Waals surface area contributed by atoms with Crippen molar-refractivity contribution in [2.24, 2.45) is 0 Å². The van der Waals surface area contributed by atoms with Crippen LogP contribution in [0, 0.1) is 0 Å². The number of amides is 1. The minimum absolute atomic E-state index is 0.114. The zero-order valence-electron chi connectivity index (χ0n) is 15.0. The first-order chi connectivity index (χ1) is 12.7. The van der Waals surface area contributed by atoms with Crippen LogP contribution in [-0.2, 0) is 4.79 Å². The number of fused-ring (bicyclic) bond motifs is 1. The van der Waals surface area contributed by atoms with Crippen LogP contribution in [0.25, 0.3) is 10.9 Å². The van der Waals surface area contributed by atoms with Gasteiger partial charge in [-0.3, -0.25) is 4.79 Å². The molecule has 3 rings (SSSR count). The van der Waals surface area contributed by atoms with Crippen LogP contribution in [0.2, 0.25) is 0 Å². The van der Waals surface area contributed by atoms with E-state index in [1.54, 1.807) is 0 Å². The Balaban J connectivity index is 1.64. The molecule has 0 saturated carbocycles. The lowest BCUT2D eigenvalue weighted by atomic mass is 10.2. The number of carbonyl (C=O) groups is 1. The van der Waals surface area contributed by atoms with Crippen molar-refractivity contribution in [1.29, 1.82) is 0 Å². The molecule has 0 aliphatic rings. The second kappa shape index (κ2) is 8.29. The number of nitrogens with zero attached hydrogens (tertiary/aromatic N) is 3. The summed E-state index contributed by atoms with van der Waals surface area (Å²) >= 11 is 0. The third kappa shape index (κ3) is 4.27. The maximum Gasteiger partial charge on any atom is 0.243 e. The van der Waals surface area contributed by atoms with Gasteiger partial charge < -0.3 is 15.0 Å². The zero-order chi connectivity index (χ0) is 18.4. The zero-order valence-corrected chi connectivity index (χ0v) is 15.0. The minimum Gasteiger partial charge on any atom is -0.494 e. The van der Waals surface area contributed by atoms with Gasteiger partial charge in [-0.25, -0.2) is 9.97 Å². The summed E-state index contributed by atoms with van der Waals surface area (Å²) in [6.45, 7) is 2.93. The lowest BCUT2D eigenvalue weighted by Crippen LogP contribution is -2.30. The fourth-order valence-corrected chi connectivity index (χ4v) is 2.64. The highest BCUT2D eigenvalue weighted by atomic mass is 16.5. The van der Waals surface area contributed by atoms with Gasteiger partial charge in [-0.1, -0.05) is 19.1 Å². The van der Waals surface area contributed by atoms with Gasteiger partial charge in [0.05, 0.1) is 18.7 Å². The van der Waals surface area contributed by atoms with E-state index in [9.17, 15) is 4.79 Å². The first-order valence-corrected chi connectivity index (χ1v) is 8.61. The number of nitrogens with one attached hydrogen (secondary N) is 1. The van der Waals surface area contributed by atoms with E-state index in [1.807, 2.05) is 60.5 Å². The largest absolute Gasteiger partial charge is 0.494 e. The molecule has 1 aromatic heterocycles. The Bertz CT molecular complexity index is 875. The molecule has 6 nitrogen and oxygen atoms in total. The monoisotopic (exact) mass is 350 g/mol. The summed E-state index contributed by atoms with van der Waals surface area (Å²) in [6, 6.07) is 15.1. The number of likely N-dealkylation sites (N-methyl/N-ethyl adjacent to an activating group) is 1. The van der Waals surface area contributed by atoms with E-state index in [-0.39, 0.29) is 12.5 Å². The average molecular weight is 350 g/mol. The molecule has 0 fully saturated rings. The molecule has 1 heterocycles. The highest BCUT2D eigenvalue weighted by molar-refractivity contribution is 5.96. The van der Waals surface area contributed by atoms with Crippen molar-refractivity contribution in [2.45, 2.75) is 13.3 Å². The molecule has 0 saturated heterocycles. The molecule has 1 amide bonds. The van der Waals surface area contributed by atoms with E-state index in [0.29, 0.717) is 6.61 Å². The number of carbonyl (C=O) groups excluding carboxylic acids is 1. The molecule has 0 aliphatic carbocycles. The van der Waals surface area contributed by atoms with E-state index in [2.05, 4.69) is 22.2 Å². The van der Waals surface area contributed by atoms with Gasteiger partial charge in [0.2, 0.25) is 5.91 Å². The first kappa shape index (κ1) is 17.7. The Morgan fingerprint density at radius 1 is 1.12 bits per heavy atom. The molecule has 1 N–H and O–H groups in total. The van der Waals surface area contributed by atoms with Crippen LogP contribution >= 0.6 is 0 Å². The molecule has 134 valence electrons. The van der Waals surface area contributed by atoms with Crippen LogP contribution in [0.4, 0.5) is 11.5 Å². The molecule has 3 aromatic rings. The van der Waals surface area contributed by atoms with Gasteiger partial charge in [-0.15, -0.1) is 0 Å². The van der Waals surface area contributed by atoms with Gasteiger partial charge in [0.25, 0.3) is 0 Å². The number of ether oxygens (including phenoxy) is 1. The van der Waals surface area contributed by atoms with E-state index >= 15 is 0 Å². The van der Waals surface area contributed by atoms with E-state index in [4.69, 9.17) is 4.74 Å². The van der Waals surface area contributed by atoms with Crippen molar-refractivity contribution in [1.82, 2.24) is 9.97 Å². The van der Waals surface area contributed by atoms with Crippen molar-refractivity contribution in [3.8, 4) is 5.75 Å². The SMILES string of the molecule is CCCOc1ccc(NC(=O)CN(C)c2ncnc3ccccc23)cc1. The van der Waals surface area contributed by atoms with Crippen molar-refractivity contribution in [3.63, 3.8) is 0 Å². The molecular formula is C20H22N4O2. The second-order valence-electron chi connectivity index (χ2n) is 5.99. The number of benzene rings is 2. The molecule has 0 atom stereocenters.